The van der Waals surface area contributed by atoms with Gasteiger partial charge in [-0.05, 0) is 23.6 Å². The van der Waals surface area contributed by atoms with Crippen LogP contribution in [-0.4, -0.2) is 30.1 Å². The summed E-state index contributed by atoms with van der Waals surface area (Å²) in [5.74, 6) is -1.93. The lowest BCUT2D eigenvalue weighted by atomic mass is 10.0. The molecule has 6 heteroatoms. The van der Waals surface area contributed by atoms with E-state index < -0.39 is 23.7 Å². The molecule has 0 saturated heterocycles. The smallest absolute Gasteiger partial charge is 0.326 e. The SMILES string of the molecule is COc1cccc(CCC(=O)NC(Cc2ccccc2)C(=O)O)c1F. The number of halogens is 1. The van der Waals surface area contributed by atoms with Crippen molar-refractivity contribution >= 4 is 11.9 Å². The first-order valence-corrected chi connectivity index (χ1v) is 7.88. The highest BCUT2D eigenvalue weighted by molar-refractivity contribution is 5.83. The number of rotatable bonds is 8. The minimum atomic E-state index is -1.11. The first-order chi connectivity index (χ1) is 12.0. The average Bonchev–Trinajstić information content (AvgIpc) is 2.61. The quantitative estimate of drug-likeness (QED) is 0.771. The molecular weight excluding hydrogens is 325 g/mol. The summed E-state index contributed by atoms with van der Waals surface area (Å²) in [5, 5.41) is 11.8. The van der Waals surface area contributed by atoms with Crippen molar-refractivity contribution < 1.29 is 23.8 Å². The number of carboxylic acid groups (broad SMARTS) is 1. The number of carbonyl (C=O) groups excluding carboxylic acids is 1. The minimum absolute atomic E-state index is 0.0113. The van der Waals surface area contributed by atoms with Crippen LogP contribution in [0.3, 0.4) is 0 Å². The monoisotopic (exact) mass is 345 g/mol. The summed E-state index contributed by atoms with van der Waals surface area (Å²) in [6.07, 6.45) is 0.338. The van der Waals surface area contributed by atoms with Crippen LogP contribution in [0, 0.1) is 5.82 Å². The van der Waals surface area contributed by atoms with Gasteiger partial charge in [-0.2, -0.15) is 0 Å². The van der Waals surface area contributed by atoms with Crippen LogP contribution in [0.15, 0.2) is 48.5 Å². The van der Waals surface area contributed by atoms with Crippen LogP contribution in [0.25, 0.3) is 0 Å². The Balaban J connectivity index is 1.94. The predicted molar refractivity (Wildman–Crippen MR) is 91.0 cm³/mol. The zero-order valence-electron chi connectivity index (χ0n) is 13.9. The average molecular weight is 345 g/mol. The molecule has 0 bridgehead atoms. The summed E-state index contributed by atoms with van der Waals surface area (Å²) in [6, 6.07) is 12.7. The van der Waals surface area contributed by atoms with Gasteiger partial charge >= 0.3 is 5.97 Å². The van der Waals surface area contributed by atoms with Gasteiger partial charge in [-0.15, -0.1) is 0 Å². The number of ether oxygens (including phenoxy) is 1. The molecule has 2 aromatic carbocycles. The van der Waals surface area contributed by atoms with E-state index in [1.807, 2.05) is 18.2 Å². The number of carboxylic acids is 1. The van der Waals surface area contributed by atoms with E-state index in [1.165, 1.54) is 13.2 Å². The van der Waals surface area contributed by atoms with Crippen LogP contribution in [0.5, 0.6) is 5.75 Å². The van der Waals surface area contributed by atoms with Crippen molar-refractivity contribution in [2.24, 2.45) is 0 Å². The molecule has 0 heterocycles. The number of amides is 1. The van der Waals surface area contributed by atoms with Crippen molar-refractivity contribution in [3.05, 3.63) is 65.5 Å². The first-order valence-electron chi connectivity index (χ1n) is 7.88. The number of methoxy groups -OCH3 is 1. The fraction of sp³-hybridized carbons (Fsp3) is 0.263. The molecule has 0 aliphatic heterocycles. The molecular formula is C19H20FNO4. The molecule has 0 spiro atoms. The Bertz CT molecular complexity index is 733. The molecule has 0 aliphatic carbocycles. The van der Waals surface area contributed by atoms with Gasteiger partial charge in [-0.3, -0.25) is 4.79 Å². The highest BCUT2D eigenvalue weighted by Gasteiger charge is 2.20. The van der Waals surface area contributed by atoms with Crippen molar-refractivity contribution in [3.63, 3.8) is 0 Å². The van der Waals surface area contributed by atoms with E-state index in [-0.39, 0.29) is 25.0 Å². The van der Waals surface area contributed by atoms with Crippen molar-refractivity contribution in [1.82, 2.24) is 5.32 Å². The molecule has 1 unspecified atom stereocenters. The molecule has 2 N–H and O–H groups in total. The third kappa shape index (κ3) is 5.31. The van der Waals surface area contributed by atoms with Crippen molar-refractivity contribution in [1.29, 1.82) is 0 Å². The molecule has 25 heavy (non-hydrogen) atoms. The van der Waals surface area contributed by atoms with Crippen molar-refractivity contribution in [2.75, 3.05) is 7.11 Å². The Hall–Kier alpha value is -2.89. The number of nitrogens with one attached hydrogen (secondary N) is 1. The topological polar surface area (TPSA) is 75.6 Å². The molecule has 0 radical (unpaired) electrons. The largest absolute Gasteiger partial charge is 0.494 e. The fourth-order valence-electron chi connectivity index (χ4n) is 2.47. The number of aliphatic carboxylic acids is 1. The number of hydrogen-bond acceptors (Lipinski definition) is 3. The maximum atomic E-state index is 14.1. The minimum Gasteiger partial charge on any atom is -0.494 e. The summed E-state index contributed by atoms with van der Waals surface area (Å²) in [6.45, 7) is 0. The summed E-state index contributed by atoms with van der Waals surface area (Å²) in [4.78, 5) is 23.4. The number of aryl methyl sites for hydroxylation is 1. The Morgan fingerprint density at radius 1 is 1.16 bits per heavy atom. The second kappa shape index (κ2) is 8.82. The van der Waals surface area contributed by atoms with Crippen LogP contribution in [0.4, 0.5) is 4.39 Å². The predicted octanol–water partition coefficient (Wildman–Crippen LogP) is 2.58. The molecule has 0 aromatic heterocycles. The Morgan fingerprint density at radius 3 is 2.52 bits per heavy atom. The second-order valence-corrected chi connectivity index (χ2v) is 5.58. The zero-order chi connectivity index (χ0) is 18.2. The van der Waals surface area contributed by atoms with Gasteiger partial charge in [0.1, 0.15) is 6.04 Å². The Kier molecular flexibility index (Phi) is 6.51. The normalized spacial score (nSPS) is 11.6. The molecule has 0 fully saturated rings. The van der Waals surface area contributed by atoms with E-state index in [0.29, 0.717) is 5.56 Å². The van der Waals surface area contributed by atoms with Gasteiger partial charge < -0.3 is 15.2 Å². The second-order valence-electron chi connectivity index (χ2n) is 5.58. The standard InChI is InChI=1S/C19H20FNO4/c1-25-16-9-5-8-14(18(16)20)10-11-17(22)21-15(19(23)24)12-13-6-3-2-4-7-13/h2-9,15H,10-12H2,1H3,(H,21,22)(H,23,24). The van der Waals surface area contributed by atoms with Crippen LogP contribution >= 0.6 is 0 Å². The molecule has 2 rings (SSSR count). The van der Waals surface area contributed by atoms with Crippen molar-refractivity contribution in [2.45, 2.75) is 25.3 Å². The third-order valence-corrected chi connectivity index (χ3v) is 3.80. The zero-order valence-corrected chi connectivity index (χ0v) is 13.9. The van der Waals surface area contributed by atoms with Gasteiger partial charge in [-0.1, -0.05) is 42.5 Å². The summed E-state index contributed by atoms with van der Waals surface area (Å²) < 4.78 is 19.0. The van der Waals surface area contributed by atoms with Gasteiger partial charge in [0.2, 0.25) is 5.91 Å². The maximum absolute atomic E-state index is 14.1. The fourth-order valence-corrected chi connectivity index (χ4v) is 2.47. The van der Waals surface area contributed by atoms with Gasteiger partial charge in [0.05, 0.1) is 7.11 Å². The summed E-state index contributed by atoms with van der Waals surface area (Å²) in [7, 11) is 1.37. The molecule has 0 saturated carbocycles. The van der Waals surface area contributed by atoms with Crippen molar-refractivity contribution in [3.8, 4) is 5.75 Å². The van der Waals surface area contributed by atoms with Crippen LogP contribution in [0.1, 0.15) is 17.5 Å². The van der Waals surface area contributed by atoms with Crippen LogP contribution < -0.4 is 10.1 Å². The van der Waals surface area contributed by atoms with E-state index in [4.69, 9.17) is 4.74 Å². The van der Waals surface area contributed by atoms with Crippen LogP contribution in [0.2, 0.25) is 0 Å². The summed E-state index contributed by atoms with van der Waals surface area (Å²) in [5.41, 5.74) is 1.17. The Morgan fingerprint density at radius 2 is 1.88 bits per heavy atom. The van der Waals surface area contributed by atoms with E-state index in [9.17, 15) is 19.1 Å². The number of hydrogen-bond donors (Lipinski definition) is 2. The maximum Gasteiger partial charge on any atom is 0.326 e. The van der Waals surface area contributed by atoms with Gasteiger partial charge in [-0.25, -0.2) is 9.18 Å². The van der Waals surface area contributed by atoms with Gasteiger partial charge in [0.15, 0.2) is 11.6 Å². The molecule has 1 atom stereocenters. The van der Waals surface area contributed by atoms with Gasteiger partial charge in [0, 0.05) is 12.8 Å². The first kappa shape index (κ1) is 18.4. The number of carbonyl (C=O) groups is 2. The molecule has 5 nitrogen and oxygen atoms in total. The highest BCUT2D eigenvalue weighted by Crippen LogP contribution is 2.20. The van der Waals surface area contributed by atoms with Gasteiger partial charge in [0.25, 0.3) is 0 Å². The van der Waals surface area contributed by atoms with E-state index in [0.717, 1.165) is 5.56 Å². The Labute approximate surface area is 145 Å². The van der Waals surface area contributed by atoms with E-state index in [2.05, 4.69) is 5.32 Å². The molecule has 0 aliphatic rings. The third-order valence-electron chi connectivity index (χ3n) is 3.80. The lowest BCUT2D eigenvalue weighted by molar-refractivity contribution is -0.141. The molecule has 132 valence electrons. The van der Waals surface area contributed by atoms with E-state index in [1.54, 1.807) is 24.3 Å². The number of benzene rings is 2. The summed E-state index contributed by atoms with van der Waals surface area (Å²) >= 11 is 0. The molecule has 2 aromatic rings. The lowest BCUT2D eigenvalue weighted by Gasteiger charge is -2.15. The lowest BCUT2D eigenvalue weighted by Crippen LogP contribution is -2.42. The van der Waals surface area contributed by atoms with E-state index >= 15 is 0 Å². The molecule has 1 amide bonds. The highest BCUT2D eigenvalue weighted by atomic mass is 19.1. The van der Waals surface area contributed by atoms with Crippen LogP contribution in [-0.2, 0) is 22.4 Å².